The van der Waals surface area contributed by atoms with Crippen LogP contribution in [0.4, 0.5) is 0 Å². The predicted octanol–water partition coefficient (Wildman–Crippen LogP) is 1.65. The summed E-state index contributed by atoms with van der Waals surface area (Å²) in [5.41, 5.74) is 0. The zero-order valence-corrected chi connectivity index (χ0v) is 12.4. The standard InChI is InChI=1S/C14H31N3/c1-6-7-8-15-9-13(3)17-10-12(2)14(11-17)16(4)5/h12-15H,6-11H2,1-5H3. The zero-order valence-electron chi connectivity index (χ0n) is 12.4. The lowest BCUT2D eigenvalue weighted by Crippen LogP contribution is -2.41. The van der Waals surface area contributed by atoms with Gasteiger partial charge in [-0.3, -0.25) is 4.90 Å². The Balaban J connectivity index is 2.26. The molecule has 0 saturated carbocycles. The molecule has 0 aliphatic carbocycles. The van der Waals surface area contributed by atoms with Gasteiger partial charge < -0.3 is 10.2 Å². The van der Waals surface area contributed by atoms with Crippen LogP contribution in [-0.2, 0) is 0 Å². The fraction of sp³-hybridized carbons (Fsp3) is 1.00. The van der Waals surface area contributed by atoms with E-state index in [0.29, 0.717) is 6.04 Å². The van der Waals surface area contributed by atoms with Crippen molar-refractivity contribution in [3.63, 3.8) is 0 Å². The fourth-order valence-corrected chi connectivity index (χ4v) is 2.76. The van der Waals surface area contributed by atoms with Crippen LogP contribution >= 0.6 is 0 Å². The monoisotopic (exact) mass is 241 g/mol. The van der Waals surface area contributed by atoms with E-state index < -0.39 is 0 Å². The van der Waals surface area contributed by atoms with E-state index in [0.717, 1.165) is 18.5 Å². The van der Waals surface area contributed by atoms with Crippen LogP contribution in [0.3, 0.4) is 0 Å². The van der Waals surface area contributed by atoms with E-state index >= 15 is 0 Å². The molecule has 1 aliphatic heterocycles. The summed E-state index contributed by atoms with van der Waals surface area (Å²) < 4.78 is 0. The van der Waals surface area contributed by atoms with Crippen LogP contribution in [-0.4, -0.2) is 62.2 Å². The van der Waals surface area contributed by atoms with Gasteiger partial charge in [0.15, 0.2) is 0 Å². The number of likely N-dealkylation sites (tertiary alicyclic amines) is 1. The number of rotatable bonds is 7. The highest BCUT2D eigenvalue weighted by Gasteiger charge is 2.32. The number of hydrogen-bond acceptors (Lipinski definition) is 3. The van der Waals surface area contributed by atoms with E-state index in [2.05, 4.69) is 50.0 Å². The van der Waals surface area contributed by atoms with E-state index in [1.54, 1.807) is 0 Å². The summed E-state index contributed by atoms with van der Waals surface area (Å²) >= 11 is 0. The number of nitrogens with zero attached hydrogens (tertiary/aromatic N) is 2. The van der Waals surface area contributed by atoms with Crippen LogP contribution in [0.1, 0.15) is 33.6 Å². The summed E-state index contributed by atoms with van der Waals surface area (Å²) in [4.78, 5) is 5.01. The van der Waals surface area contributed by atoms with Crippen molar-refractivity contribution in [2.75, 3.05) is 40.3 Å². The van der Waals surface area contributed by atoms with E-state index in [-0.39, 0.29) is 0 Å². The SMILES string of the molecule is CCCCNCC(C)N1CC(C)C(N(C)C)C1. The first-order valence-corrected chi connectivity index (χ1v) is 7.17. The molecule has 102 valence electrons. The molecule has 3 unspecified atom stereocenters. The lowest BCUT2D eigenvalue weighted by molar-refractivity contribution is 0.221. The van der Waals surface area contributed by atoms with Crippen molar-refractivity contribution in [2.45, 2.75) is 45.7 Å². The smallest absolute Gasteiger partial charge is 0.0254 e. The van der Waals surface area contributed by atoms with Gasteiger partial charge in [0, 0.05) is 31.7 Å². The molecule has 0 amide bonds. The van der Waals surface area contributed by atoms with Crippen LogP contribution in [0.2, 0.25) is 0 Å². The lowest BCUT2D eigenvalue weighted by Gasteiger charge is -2.26. The van der Waals surface area contributed by atoms with Gasteiger partial charge >= 0.3 is 0 Å². The Morgan fingerprint density at radius 1 is 1.35 bits per heavy atom. The molecule has 1 aliphatic rings. The molecule has 1 rings (SSSR count). The molecule has 0 bridgehead atoms. The first-order chi connectivity index (χ1) is 8.06. The minimum absolute atomic E-state index is 0.666. The maximum absolute atomic E-state index is 3.57. The van der Waals surface area contributed by atoms with Crippen molar-refractivity contribution in [1.29, 1.82) is 0 Å². The lowest BCUT2D eigenvalue weighted by atomic mass is 10.1. The molecular formula is C14H31N3. The summed E-state index contributed by atoms with van der Waals surface area (Å²) in [7, 11) is 4.41. The first-order valence-electron chi connectivity index (χ1n) is 7.17. The molecule has 3 nitrogen and oxygen atoms in total. The highest BCUT2D eigenvalue weighted by molar-refractivity contribution is 4.89. The summed E-state index contributed by atoms with van der Waals surface area (Å²) in [5, 5.41) is 3.57. The van der Waals surface area contributed by atoms with Gasteiger partial charge in [0.2, 0.25) is 0 Å². The molecule has 0 aromatic heterocycles. The predicted molar refractivity (Wildman–Crippen MR) is 75.5 cm³/mol. The van der Waals surface area contributed by atoms with Crippen molar-refractivity contribution in [3.05, 3.63) is 0 Å². The summed E-state index contributed by atoms with van der Waals surface area (Å²) in [6, 6.07) is 1.40. The van der Waals surface area contributed by atoms with Gasteiger partial charge in [-0.15, -0.1) is 0 Å². The minimum atomic E-state index is 0.666. The van der Waals surface area contributed by atoms with Crippen LogP contribution < -0.4 is 5.32 Å². The van der Waals surface area contributed by atoms with Gasteiger partial charge in [0.05, 0.1) is 0 Å². The fourth-order valence-electron chi connectivity index (χ4n) is 2.76. The largest absolute Gasteiger partial charge is 0.315 e. The number of likely N-dealkylation sites (N-methyl/N-ethyl adjacent to an activating group) is 1. The average Bonchev–Trinajstić information content (AvgIpc) is 2.66. The number of unbranched alkanes of at least 4 members (excludes halogenated alkanes) is 1. The normalized spacial score (nSPS) is 27.9. The molecule has 0 aromatic carbocycles. The quantitative estimate of drug-likeness (QED) is 0.684. The number of nitrogens with one attached hydrogen (secondary N) is 1. The third-order valence-corrected chi connectivity index (χ3v) is 4.03. The van der Waals surface area contributed by atoms with Crippen LogP contribution in [0, 0.1) is 5.92 Å². The Labute approximate surface area is 108 Å². The van der Waals surface area contributed by atoms with Gasteiger partial charge in [-0.1, -0.05) is 20.3 Å². The molecule has 1 saturated heterocycles. The van der Waals surface area contributed by atoms with Gasteiger partial charge in [-0.25, -0.2) is 0 Å². The number of hydrogen-bond donors (Lipinski definition) is 1. The summed E-state index contributed by atoms with van der Waals surface area (Å²) in [5.74, 6) is 0.795. The molecule has 3 heteroatoms. The molecule has 1 heterocycles. The van der Waals surface area contributed by atoms with Crippen molar-refractivity contribution < 1.29 is 0 Å². The second-order valence-corrected chi connectivity index (χ2v) is 5.87. The molecule has 1 fully saturated rings. The Kier molecular flexibility index (Phi) is 6.45. The second-order valence-electron chi connectivity index (χ2n) is 5.87. The topological polar surface area (TPSA) is 18.5 Å². The van der Waals surface area contributed by atoms with Crippen molar-refractivity contribution in [2.24, 2.45) is 5.92 Å². The molecule has 0 aromatic rings. The first kappa shape index (κ1) is 14.9. The highest BCUT2D eigenvalue weighted by Crippen LogP contribution is 2.21. The zero-order chi connectivity index (χ0) is 12.8. The average molecular weight is 241 g/mol. The van der Waals surface area contributed by atoms with Gasteiger partial charge in [0.25, 0.3) is 0 Å². The Bertz CT molecular complexity index is 206. The maximum Gasteiger partial charge on any atom is 0.0254 e. The van der Waals surface area contributed by atoms with E-state index in [1.807, 2.05) is 0 Å². The van der Waals surface area contributed by atoms with Crippen molar-refractivity contribution in [3.8, 4) is 0 Å². The van der Waals surface area contributed by atoms with Gasteiger partial charge in [0.1, 0.15) is 0 Å². The molecule has 3 atom stereocenters. The van der Waals surface area contributed by atoms with Crippen molar-refractivity contribution in [1.82, 2.24) is 15.1 Å². The van der Waals surface area contributed by atoms with E-state index in [1.165, 1.54) is 32.5 Å². The van der Waals surface area contributed by atoms with E-state index in [4.69, 9.17) is 0 Å². The van der Waals surface area contributed by atoms with Crippen LogP contribution in [0.15, 0.2) is 0 Å². The molecular weight excluding hydrogens is 210 g/mol. The minimum Gasteiger partial charge on any atom is -0.315 e. The highest BCUT2D eigenvalue weighted by atomic mass is 15.3. The Hall–Kier alpha value is -0.120. The third kappa shape index (κ3) is 4.57. The summed E-state index contributed by atoms with van der Waals surface area (Å²) in [6.45, 7) is 11.7. The molecule has 1 N–H and O–H groups in total. The Morgan fingerprint density at radius 3 is 2.59 bits per heavy atom. The molecule has 0 radical (unpaired) electrons. The maximum atomic E-state index is 3.57. The Morgan fingerprint density at radius 2 is 2.06 bits per heavy atom. The molecule has 17 heavy (non-hydrogen) atoms. The van der Waals surface area contributed by atoms with Gasteiger partial charge in [-0.05, 0) is 39.9 Å². The summed E-state index contributed by atoms with van der Waals surface area (Å²) in [6.07, 6.45) is 2.58. The second kappa shape index (κ2) is 7.34. The van der Waals surface area contributed by atoms with Crippen LogP contribution in [0.25, 0.3) is 0 Å². The van der Waals surface area contributed by atoms with E-state index in [9.17, 15) is 0 Å². The third-order valence-electron chi connectivity index (χ3n) is 4.03. The van der Waals surface area contributed by atoms with Crippen LogP contribution in [0.5, 0.6) is 0 Å². The molecule has 0 spiro atoms. The van der Waals surface area contributed by atoms with Gasteiger partial charge in [-0.2, -0.15) is 0 Å². The van der Waals surface area contributed by atoms with Crippen molar-refractivity contribution >= 4 is 0 Å².